The SMILES string of the molecule is BC(B)(B)Oc1cc(Cl)cc(-n2nc(C(=O)N(C)C(C)(C)C)c3c2-c2cc(-c4cncc(C(N)=O)c4)c(OC(B)(B)B)cc2OC3)c1. The second-order valence-electron chi connectivity index (χ2n) is 14.7. The number of nitrogens with zero attached hydrogens (tertiary/aromatic N) is 4. The van der Waals surface area contributed by atoms with E-state index >= 15 is 0 Å². The molecule has 0 saturated heterocycles. The molecular weight excluding hydrogens is 611 g/mol. The molecule has 0 unspecified atom stereocenters. The van der Waals surface area contributed by atoms with Gasteiger partial charge in [-0.25, -0.2) is 4.68 Å². The molecule has 2 aromatic carbocycles. The highest BCUT2D eigenvalue weighted by Crippen LogP contribution is 2.47. The fourth-order valence-corrected chi connectivity index (χ4v) is 5.37. The predicted molar refractivity (Wildman–Crippen MR) is 200 cm³/mol. The maximum Gasteiger partial charge on any atom is 0.274 e. The van der Waals surface area contributed by atoms with E-state index in [9.17, 15) is 9.59 Å². The first-order chi connectivity index (χ1) is 21.7. The lowest BCUT2D eigenvalue weighted by molar-refractivity contribution is 0.0646. The molecule has 2 aromatic heterocycles. The van der Waals surface area contributed by atoms with Crippen LogP contribution in [-0.2, 0) is 6.61 Å². The molecule has 0 atom stereocenters. The van der Waals surface area contributed by atoms with Gasteiger partial charge in [0.25, 0.3) is 5.91 Å². The highest BCUT2D eigenvalue weighted by molar-refractivity contribution is 6.58. The molecule has 10 nitrogen and oxygen atoms in total. The summed E-state index contributed by atoms with van der Waals surface area (Å²) in [6.45, 7) is 5.99. The summed E-state index contributed by atoms with van der Waals surface area (Å²) < 4.78 is 20.6. The molecule has 1 aliphatic heterocycles. The number of pyridine rings is 1. The van der Waals surface area contributed by atoms with E-state index in [0.29, 0.717) is 55.9 Å². The van der Waals surface area contributed by atoms with Crippen molar-refractivity contribution in [2.75, 3.05) is 7.05 Å². The number of hydrogen-bond donors (Lipinski definition) is 1. The molecule has 47 heavy (non-hydrogen) atoms. The highest BCUT2D eigenvalue weighted by atomic mass is 35.5. The molecule has 2 amide bonds. The van der Waals surface area contributed by atoms with Crippen molar-refractivity contribution < 1.29 is 23.8 Å². The average Bonchev–Trinajstić information content (AvgIpc) is 3.33. The van der Waals surface area contributed by atoms with Gasteiger partial charge in [-0.15, -0.1) is 0 Å². The second-order valence-corrected chi connectivity index (χ2v) is 15.1. The smallest absolute Gasteiger partial charge is 0.274 e. The highest BCUT2D eigenvalue weighted by Gasteiger charge is 2.35. The molecule has 0 bridgehead atoms. The molecule has 0 fully saturated rings. The van der Waals surface area contributed by atoms with Crippen LogP contribution < -0.4 is 19.9 Å². The summed E-state index contributed by atoms with van der Waals surface area (Å²) in [7, 11) is 13.5. The Morgan fingerprint density at radius 3 is 2.26 bits per heavy atom. The van der Waals surface area contributed by atoms with E-state index in [1.165, 1.54) is 6.20 Å². The summed E-state index contributed by atoms with van der Waals surface area (Å²) in [6, 6.07) is 10.8. The normalized spacial score (nSPS) is 12.8. The number of carbonyl (C=O) groups excluding carboxylic acids is 2. The predicted octanol–water partition coefficient (Wildman–Crippen LogP) is -1.10. The molecule has 0 radical (unpaired) electrons. The standard InChI is InChI=1S/C30H36B6ClN5O5/c1-28(2,3)41(4)27(44)24-21-13-45-22-10-23(47-30(34,35)36)19(14-5-15(26(38)43)12-39-11-14)9-20(22)25(21)42(40-24)17-6-16(37)7-18(8-17)46-29(31,32)33/h5-12H,13,31-36H2,1-4H3,(H2,38,43). The maximum absolute atomic E-state index is 14.0. The lowest BCUT2D eigenvalue weighted by atomic mass is 9.52. The molecule has 5 rings (SSSR count). The van der Waals surface area contributed by atoms with Crippen molar-refractivity contribution in [3.05, 3.63) is 70.6 Å². The van der Waals surface area contributed by atoms with Crippen LogP contribution in [0.25, 0.3) is 28.1 Å². The molecule has 0 saturated carbocycles. The van der Waals surface area contributed by atoms with Crippen molar-refractivity contribution >= 4 is 70.5 Å². The summed E-state index contributed by atoms with van der Waals surface area (Å²) in [4.78, 5) is 32.0. The minimum atomic E-state index is -0.598. The van der Waals surface area contributed by atoms with E-state index in [-0.39, 0.29) is 23.8 Å². The van der Waals surface area contributed by atoms with Gasteiger partial charge in [-0.3, -0.25) is 14.6 Å². The third-order valence-corrected chi connectivity index (χ3v) is 7.70. The number of aromatic nitrogens is 3. The molecule has 2 N–H and O–H groups in total. The molecule has 236 valence electrons. The molecule has 0 aliphatic carbocycles. The van der Waals surface area contributed by atoms with Crippen LogP contribution in [0.1, 0.15) is 47.2 Å². The van der Waals surface area contributed by atoms with Crippen LogP contribution in [0.5, 0.6) is 17.2 Å². The van der Waals surface area contributed by atoms with Crippen LogP contribution in [0, 0.1) is 0 Å². The van der Waals surface area contributed by atoms with E-state index in [1.54, 1.807) is 41.0 Å². The number of halogens is 1. The third-order valence-electron chi connectivity index (χ3n) is 7.48. The summed E-state index contributed by atoms with van der Waals surface area (Å²) in [5.41, 5.74) is 9.48. The number of ether oxygens (including phenoxy) is 3. The number of fused-ring (bicyclic) bond motifs is 3. The van der Waals surface area contributed by atoms with Gasteiger partial charge in [-0.1, -0.05) is 11.6 Å². The topological polar surface area (TPSA) is 122 Å². The Balaban J connectivity index is 1.81. The van der Waals surface area contributed by atoms with E-state index in [2.05, 4.69) is 4.98 Å². The van der Waals surface area contributed by atoms with Gasteiger partial charge in [0.1, 0.15) is 70.9 Å². The summed E-state index contributed by atoms with van der Waals surface area (Å²) in [5, 5.41) is 4.34. The summed E-state index contributed by atoms with van der Waals surface area (Å²) in [5.74, 6) is 0.775. The Labute approximate surface area is 285 Å². The lowest BCUT2D eigenvalue weighted by Gasteiger charge is -2.31. The average molecular weight is 647 g/mol. The Morgan fingerprint density at radius 1 is 0.957 bits per heavy atom. The first-order valence-electron chi connectivity index (χ1n) is 15.4. The van der Waals surface area contributed by atoms with E-state index in [1.807, 2.05) is 86.0 Å². The number of primary amides is 1. The zero-order valence-corrected chi connectivity index (χ0v) is 29.4. The first-order valence-corrected chi connectivity index (χ1v) is 15.7. The van der Waals surface area contributed by atoms with Gasteiger partial charge in [0.15, 0.2) is 5.69 Å². The summed E-state index contributed by atoms with van der Waals surface area (Å²) >= 11 is 6.64. The zero-order valence-electron chi connectivity index (χ0n) is 28.6. The van der Waals surface area contributed by atoms with Crippen molar-refractivity contribution in [2.45, 2.75) is 43.5 Å². The van der Waals surface area contributed by atoms with E-state index in [0.717, 1.165) is 0 Å². The Morgan fingerprint density at radius 2 is 1.64 bits per heavy atom. The van der Waals surface area contributed by atoms with Crippen molar-refractivity contribution in [3.63, 3.8) is 0 Å². The van der Waals surface area contributed by atoms with Gasteiger partial charge in [0, 0.05) is 75.0 Å². The zero-order chi connectivity index (χ0) is 34.6. The molecule has 1 aliphatic rings. The number of benzene rings is 2. The van der Waals surface area contributed by atoms with Crippen molar-refractivity contribution in [3.8, 4) is 45.3 Å². The van der Waals surface area contributed by atoms with Gasteiger partial charge < -0.3 is 24.8 Å². The largest absolute Gasteiger partial charge is 0.514 e. The van der Waals surface area contributed by atoms with Crippen LogP contribution in [0.2, 0.25) is 5.02 Å². The van der Waals surface area contributed by atoms with Gasteiger partial charge in [0.2, 0.25) is 5.91 Å². The van der Waals surface area contributed by atoms with Crippen LogP contribution in [0.4, 0.5) is 0 Å². The van der Waals surface area contributed by atoms with Gasteiger partial charge in [-0.05, 0) is 45.0 Å². The molecule has 17 heteroatoms. The number of nitrogens with two attached hydrogens (primary N) is 1. The minimum Gasteiger partial charge on any atom is -0.514 e. The molecular formula is C30H36B6ClN5O5. The van der Waals surface area contributed by atoms with Crippen molar-refractivity contribution in [2.24, 2.45) is 5.73 Å². The van der Waals surface area contributed by atoms with Crippen LogP contribution in [-0.4, -0.2) is 102 Å². The van der Waals surface area contributed by atoms with Gasteiger partial charge in [-0.2, -0.15) is 5.10 Å². The minimum absolute atomic E-state index is 0.0975. The van der Waals surface area contributed by atoms with Crippen molar-refractivity contribution in [1.29, 1.82) is 0 Å². The fraction of sp³-hybridized carbons (Fsp3) is 0.267. The number of carbonyl (C=O) groups is 2. The third kappa shape index (κ3) is 7.38. The van der Waals surface area contributed by atoms with Gasteiger partial charge >= 0.3 is 0 Å². The molecule has 4 aromatic rings. The Bertz CT molecular complexity index is 1900. The maximum atomic E-state index is 14.0. The first kappa shape index (κ1) is 34.2. The summed E-state index contributed by atoms with van der Waals surface area (Å²) in [6.07, 6.45) is 3.07. The number of rotatable bonds is 8. The van der Waals surface area contributed by atoms with E-state index in [4.69, 9.17) is 36.6 Å². The number of hydrogen-bond acceptors (Lipinski definition) is 7. The quantitative estimate of drug-likeness (QED) is 0.241. The Hall–Kier alpha value is -4.18. The van der Waals surface area contributed by atoms with E-state index < -0.39 is 22.0 Å². The molecule has 3 heterocycles. The van der Waals surface area contributed by atoms with Crippen LogP contribution in [0.3, 0.4) is 0 Å². The number of amides is 2. The Kier molecular flexibility index (Phi) is 8.81. The van der Waals surface area contributed by atoms with Crippen LogP contribution >= 0.6 is 11.6 Å². The fourth-order valence-electron chi connectivity index (χ4n) is 5.15. The van der Waals surface area contributed by atoms with Crippen molar-refractivity contribution in [1.82, 2.24) is 19.7 Å². The van der Waals surface area contributed by atoms with Crippen LogP contribution in [0.15, 0.2) is 48.8 Å². The van der Waals surface area contributed by atoms with Gasteiger partial charge in [0.05, 0.1) is 16.9 Å². The molecule has 0 spiro atoms. The second kappa shape index (κ2) is 12.1. The lowest BCUT2D eigenvalue weighted by Crippen LogP contribution is -2.43. The monoisotopic (exact) mass is 647 g/mol.